The van der Waals surface area contributed by atoms with E-state index in [4.69, 9.17) is 12.3 Å². The highest BCUT2D eigenvalue weighted by Gasteiger charge is 2.12. The van der Waals surface area contributed by atoms with Crippen LogP contribution in [0.3, 0.4) is 0 Å². The maximum absolute atomic E-state index is 5.88. The first kappa shape index (κ1) is 19.0. The average molecular weight is 333 g/mol. The second-order valence-corrected chi connectivity index (χ2v) is 11.9. The van der Waals surface area contributed by atoms with Crippen LogP contribution in [0.15, 0.2) is 33.8 Å². The molecule has 3 nitrogen and oxygen atoms in total. The van der Waals surface area contributed by atoms with Crippen LogP contribution in [0, 0.1) is 0 Å². The van der Waals surface area contributed by atoms with Gasteiger partial charge in [0.2, 0.25) is 0 Å². The Kier molecular flexibility index (Phi) is 11.7. The number of allylic oxidation sites excluding steroid dienone is 3. The van der Waals surface area contributed by atoms with Crippen molar-refractivity contribution in [1.82, 2.24) is 0 Å². The molecule has 0 unspecified atom stereocenters. The molecule has 110 valence electrons. The van der Waals surface area contributed by atoms with Crippen molar-refractivity contribution in [3.8, 4) is 0 Å². The third-order valence-electron chi connectivity index (χ3n) is 2.17. The molecule has 0 heterocycles. The number of hydrogen-bond acceptors (Lipinski definition) is 3. The molecule has 0 aromatic rings. The normalized spacial score (nSPS) is 13.6. The van der Waals surface area contributed by atoms with Gasteiger partial charge in [0, 0.05) is 0 Å². The van der Waals surface area contributed by atoms with Crippen molar-refractivity contribution >= 4 is 38.8 Å². The largest absolute Gasteiger partial charge is 0.452 e. The molecule has 0 saturated carbocycles. The maximum atomic E-state index is 5.88. The molecule has 0 aliphatic heterocycles. The summed E-state index contributed by atoms with van der Waals surface area (Å²) in [5.41, 5.74) is 10.6. The zero-order valence-electron chi connectivity index (χ0n) is 13.2. The Morgan fingerprint density at radius 2 is 0.895 bits per heavy atom. The molecular weight excluding hydrogens is 304 g/mol. The topological polar surface area (TPSA) is 27.7 Å². The zero-order chi connectivity index (χ0) is 14.7. The van der Waals surface area contributed by atoms with E-state index in [1.54, 1.807) is 0 Å². The van der Waals surface area contributed by atoms with E-state index in [9.17, 15) is 0 Å². The quantitative estimate of drug-likeness (QED) is 0.584. The molecule has 0 amide bonds. The SMILES string of the molecule is CC(C)=C[SiH2]O[SiH](O[SiH2]C=C(C)C)O[SiH2]C=C(C)C. The van der Waals surface area contributed by atoms with Crippen molar-refractivity contribution in [3.63, 3.8) is 0 Å². The van der Waals surface area contributed by atoms with Gasteiger partial charge in [0.15, 0.2) is 29.3 Å². The first-order valence-corrected chi connectivity index (χ1v) is 12.3. The molecule has 7 heteroatoms. The van der Waals surface area contributed by atoms with E-state index in [-0.39, 0.29) is 0 Å². The Bertz CT molecular complexity index is 276. The lowest BCUT2D eigenvalue weighted by atomic mass is 10.4. The minimum Gasteiger partial charge on any atom is -0.421 e. The lowest BCUT2D eigenvalue weighted by Gasteiger charge is -2.15. The van der Waals surface area contributed by atoms with E-state index in [0.717, 1.165) is 0 Å². The van der Waals surface area contributed by atoms with Gasteiger partial charge in [-0.05, 0) is 41.5 Å². The Morgan fingerprint density at radius 3 is 1.11 bits per heavy atom. The van der Waals surface area contributed by atoms with Crippen molar-refractivity contribution in [2.45, 2.75) is 41.5 Å². The highest BCUT2D eigenvalue weighted by Crippen LogP contribution is 1.96. The van der Waals surface area contributed by atoms with Crippen molar-refractivity contribution in [1.29, 1.82) is 0 Å². The number of hydrogen-bond donors (Lipinski definition) is 0. The second-order valence-electron chi connectivity index (χ2n) is 5.13. The summed E-state index contributed by atoms with van der Waals surface area (Å²) in [4.78, 5) is 0. The van der Waals surface area contributed by atoms with Crippen LogP contribution in [0.1, 0.15) is 41.5 Å². The molecule has 0 aliphatic rings. The number of rotatable bonds is 9. The minimum atomic E-state index is -1.86. The molecule has 0 aromatic carbocycles. The van der Waals surface area contributed by atoms with E-state index in [1.807, 2.05) is 0 Å². The average Bonchev–Trinajstić information content (AvgIpc) is 2.26. The first-order valence-electron chi connectivity index (χ1n) is 6.66. The van der Waals surface area contributed by atoms with Crippen LogP contribution >= 0.6 is 0 Å². The van der Waals surface area contributed by atoms with Crippen molar-refractivity contribution in [3.05, 3.63) is 33.8 Å². The van der Waals surface area contributed by atoms with Crippen LogP contribution in [0.25, 0.3) is 0 Å². The molecule has 0 N–H and O–H groups in total. The van der Waals surface area contributed by atoms with E-state index in [1.165, 1.54) is 16.7 Å². The molecule has 0 spiro atoms. The van der Waals surface area contributed by atoms with Crippen LogP contribution in [-0.4, -0.2) is 38.8 Å². The summed E-state index contributed by atoms with van der Waals surface area (Å²) in [7, 11) is -3.74. The molecule has 0 bridgehead atoms. The third-order valence-corrected chi connectivity index (χ3v) is 10.7. The fourth-order valence-electron chi connectivity index (χ4n) is 1.02. The highest BCUT2D eigenvalue weighted by atomic mass is 28.4. The van der Waals surface area contributed by atoms with Crippen LogP contribution in [0.2, 0.25) is 0 Å². The van der Waals surface area contributed by atoms with E-state index < -0.39 is 38.8 Å². The fraction of sp³-hybridized carbons (Fsp3) is 0.500. The minimum absolute atomic E-state index is 0.626. The molecular formula is C12H28O3Si4. The lowest BCUT2D eigenvalue weighted by molar-refractivity contribution is 0.336. The molecule has 0 aromatic heterocycles. The van der Waals surface area contributed by atoms with E-state index >= 15 is 0 Å². The van der Waals surface area contributed by atoms with Gasteiger partial charge in [0.1, 0.15) is 0 Å². The van der Waals surface area contributed by atoms with E-state index in [2.05, 4.69) is 58.6 Å². The van der Waals surface area contributed by atoms with Gasteiger partial charge in [-0.2, -0.15) is 0 Å². The van der Waals surface area contributed by atoms with Gasteiger partial charge >= 0.3 is 9.53 Å². The third kappa shape index (κ3) is 14.2. The Labute approximate surface area is 126 Å². The standard InChI is InChI=1S/C12H28O3Si4/c1-10(2)7-16-13-19(14-17-8-11(3)4)15-18-9-12(5)6/h7-9,19H,16-18H2,1-6H3. The van der Waals surface area contributed by atoms with Gasteiger partial charge in [0.05, 0.1) is 0 Å². The Hall–Kier alpha value is -0.0325. The summed E-state index contributed by atoms with van der Waals surface area (Å²) in [6.07, 6.45) is 0. The van der Waals surface area contributed by atoms with Crippen LogP contribution in [-0.2, 0) is 12.3 Å². The highest BCUT2D eigenvalue weighted by molar-refractivity contribution is 6.61. The van der Waals surface area contributed by atoms with Crippen LogP contribution in [0.4, 0.5) is 0 Å². The van der Waals surface area contributed by atoms with E-state index in [0.29, 0.717) is 0 Å². The van der Waals surface area contributed by atoms with Crippen molar-refractivity contribution in [2.24, 2.45) is 0 Å². The summed E-state index contributed by atoms with van der Waals surface area (Å²) >= 11 is 0. The van der Waals surface area contributed by atoms with Crippen LogP contribution < -0.4 is 0 Å². The van der Waals surface area contributed by atoms with Gasteiger partial charge in [-0.1, -0.05) is 33.8 Å². The Balaban J connectivity index is 4.17. The zero-order valence-corrected chi connectivity index (χ0v) is 18.6. The predicted molar refractivity (Wildman–Crippen MR) is 94.3 cm³/mol. The van der Waals surface area contributed by atoms with Crippen LogP contribution in [0.5, 0.6) is 0 Å². The van der Waals surface area contributed by atoms with Crippen molar-refractivity contribution < 1.29 is 12.3 Å². The summed E-state index contributed by atoms with van der Waals surface area (Å²) in [5.74, 6) is 0. The summed E-state index contributed by atoms with van der Waals surface area (Å²) in [5, 5.41) is 0. The molecule has 0 atom stereocenters. The predicted octanol–water partition coefficient (Wildman–Crippen LogP) is 0.776. The van der Waals surface area contributed by atoms with Gasteiger partial charge in [-0.3, -0.25) is 0 Å². The Morgan fingerprint density at radius 1 is 0.632 bits per heavy atom. The van der Waals surface area contributed by atoms with Gasteiger partial charge in [-0.15, -0.1) is 0 Å². The molecule has 0 saturated heterocycles. The first-order chi connectivity index (χ1) is 8.91. The molecule has 19 heavy (non-hydrogen) atoms. The fourth-order valence-corrected chi connectivity index (χ4v) is 8.82. The lowest BCUT2D eigenvalue weighted by Crippen LogP contribution is -2.31. The van der Waals surface area contributed by atoms with Gasteiger partial charge in [0.25, 0.3) is 0 Å². The summed E-state index contributed by atoms with van der Waals surface area (Å²) < 4.78 is 17.7. The molecule has 0 radical (unpaired) electrons. The van der Waals surface area contributed by atoms with Gasteiger partial charge < -0.3 is 12.3 Å². The summed E-state index contributed by atoms with van der Waals surface area (Å²) in [6, 6.07) is 0. The molecule has 0 aliphatic carbocycles. The van der Waals surface area contributed by atoms with Crippen molar-refractivity contribution in [2.75, 3.05) is 0 Å². The molecule has 0 fully saturated rings. The maximum Gasteiger partial charge on any atom is 0.452 e. The molecule has 0 rings (SSSR count). The monoisotopic (exact) mass is 332 g/mol. The second kappa shape index (κ2) is 11.8. The summed E-state index contributed by atoms with van der Waals surface area (Å²) in [6.45, 7) is 12.6. The van der Waals surface area contributed by atoms with Gasteiger partial charge in [-0.25, -0.2) is 0 Å². The smallest absolute Gasteiger partial charge is 0.421 e.